The fourth-order valence-corrected chi connectivity index (χ4v) is 2.42. The first-order valence-electron chi connectivity index (χ1n) is 6.38. The summed E-state index contributed by atoms with van der Waals surface area (Å²) in [6.45, 7) is 0. The Morgan fingerprint density at radius 3 is 2.84 bits per heavy atom. The van der Waals surface area contributed by atoms with Gasteiger partial charge in [-0.1, -0.05) is 12.1 Å². The minimum Gasteiger partial charge on any atom is -0.436 e. The van der Waals surface area contributed by atoms with E-state index >= 15 is 0 Å². The molecule has 0 spiro atoms. The monoisotopic (exact) mass is 251 g/mol. The Balaban J connectivity index is 1.98. The van der Waals surface area contributed by atoms with Crippen LogP contribution in [0.4, 0.5) is 0 Å². The van der Waals surface area contributed by atoms with Crippen molar-refractivity contribution >= 4 is 0 Å². The summed E-state index contributed by atoms with van der Waals surface area (Å²) in [6.07, 6.45) is 7.55. The van der Waals surface area contributed by atoms with Crippen LogP contribution in [0.25, 0.3) is 0 Å². The lowest BCUT2D eigenvalue weighted by atomic mass is 9.91. The molecular weight excluding hydrogens is 238 g/mol. The average molecular weight is 251 g/mol. The highest BCUT2D eigenvalue weighted by atomic mass is 16.5. The van der Waals surface area contributed by atoms with Gasteiger partial charge in [-0.2, -0.15) is 5.26 Å². The van der Waals surface area contributed by atoms with E-state index in [2.05, 4.69) is 16.0 Å². The number of rotatable bonds is 2. The maximum Gasteiger partial charge on any atom is 0.256 e. The number of hydrogen-bond donors (Lipinski definition) is 0. The van der Waals surface area contributed by atoms with E-state index in [-0.39, 0.29) is 11.6 Å². The van der Waals surface area contributed by atoms with Crippen molar-refractivity contribution in [2.24, 2.45) is 0 Å². The number of fused-ring (bicyclic) bond motifs is 1. The predicted octanol–water partition coefficient (Wildman–Crippen LogP) is 3.02. The maximum atomic E-state index is 9.00. The van der Waals surface area contributed by atoms with Gasteiger partial charge in [0.15, 0.2) is 0 Å². The highest BCUT2D eigenvalue weighted by Crippen LogP contribution is 2.32. The number of aryl methyl sites for hydroxylation is 1. The molecule has 4 heteroatoms. The molecule has 0 saturated carbocycles. The minimum atomic E-state index is 0.218. The second-order valence-corrected chi connectivity index (χ2v) is 4.52. The quantitative estimate of drug-likeness (QED) is 0.823. The number of nitrogens with zero attached hydrogens (tertiary/aromatic N) is 3. The van der Waals surface area contributed by atoms with Gasteiger partial charge in [0, 0.05) is 12.4 Å². The SMILES string of the molecule is N#Cc1nccnc1Oc1cccc2c1CCCC2. The molecular formula is C15H13N3O. The molecule has 3 rings (SSSR count). The summed E-state index contributed by atoms with van der Waals surface area (Å²) in [5.41, 5.74) is 2.80. The fourth-order valence-electron chi connectivity index (χ4n) is 2.42. The first kappa shape index (κ1) is 11.7. The number of hydrogen-bond acceptors (Lipinski definition) is 4. The van der Waals surface area contributed by atoms with E-state index < -0.39 is 0 Å². The standard InChI is InChI=1S/C15H13N3O/c16-10-13-15(18-9-8-17-13)19-14-7-3-5-11-4-1-2-6-12(11)14/h3,5,7-9H,1-2,4,6H2. The van der Waals surface area contributed by atoms with Gasteiger partial charge in [-0.05, 0) is 42.9 Å². The molecule has 0 amide bonds. The highest BCUT2D eigenvalue weighted by molar-refractivity contribution is 5.44. The molecule has 0 bridgehead atoms. The highest BCUT2D eigenvalue weighted by Gasteiger charge is 2.16. The molecule has 1 aliphatic rings. The number of ether oxygens (including phenoxy) is 1. The molecule has 1 heterocycles. The second-order valence-electron chi connectivity index (χ2n) is 4.52. The predicted molar refractivity (Wildman–Crippen MR) is 69.9 cm³/mol. The lowest BCUT2D eigenvalue weighted by Crippen LogP contribution is -2.05. The van der Waals surface area contributed by atoms with Gasteiger partial charge in [-0.25, -0.2) is 9.97 Å². The van der Waals surface area contributed by atoms with Gasteiger partial charge >= 0.3 is 0 Å². The summed E-state index contributed by atoms with van der Waals surface area (Å²) in [6, 6.07) is 8.06. The molecule has 0 aliphatic heterocycles. The van der Waals surface area contributed by atoms with Crippen LogP contribution in [0.15, 0.2) is 30.6 Å². The molecule has 0 N–H and O–H groups in total. The van der Waals surface area contributed by atoms with E-state index in [0.717, 1.165) is 18.6 Å². The Morgan fingerprint density at radius 1 is 1.11 bits per heavy atom. The normalized spacial score (nSPS) is 13.4. The van der Waals surface area contributed by atoms with E-state index in [0.29, 0.717) is 0 Å². The first-order chi connectivity index (χ1) is 9.38. The summed E-state index contributed by atoms with van der Waals surface area (Å²) in [7, 11) is 0. The lowest BCUT2D eigenvalue weighted by molar-refractivity contribution is 0.448. The Labute approximate surface area is 111 Å². The van der Waals surface area contributed by atoms with Crippen molar-refractivity contribution < 1.29 is 4.74 Å². The summed E-state index contributed by atoms with van der Waals surface area (Å²) in [4.78, 5) is 8.04. The van der Waals surface area contributed by atoms with Gasteiger partial charge in [0.25, 0.3) is 5.88 Å². The first-order valence-corrected chi connectivity index (χ1v) is 6.38. The van der Waals surface area contributed by atoms with Crippen LogP contribution in [0, 0.1) is 11.3 Å². The molecule has 2 aromatic rings. The Bertz CT molecular complexity index is 646. The Kier molecular flexibility index (Phi) is 3.11. The second kappa shape index (κ2) is 5.07. The topological polar surface area (TPSA) is 58.8 Å². The van der Waals surface area contributed by atoms with Crippen LogP contribution >= 0.6 is 0 Å². The molecule has 0 saturated heterocycles. The zero-order chi connectivity index (χ0) is 13.1. The van der Waals surface area contributed by atoms with Crippen molar-refractivity contribution in [2.45, 2.75) is 25.7 Å². The molecule has 4 nitrogen and oxygen atoms in total. The van der Waals surface area contributed by atoms with E-state index in [9.17, 15) is 0 Å². The van der Waals surface area contributed by atoms with Crippen LogP contribution < -0.4 is 4.74 Å². The van der Waals surface area contributed by atoms with Crippen LogP contribution in [0.3, 0.4) is 0 Å². The molecule has 0 unspecified atom stereocenters. The van der Waals surface area contributed by atoms with E-state index in [1.54, 1.807) is 0 Å². The Hall–Kier alpha value is -2.41. The Morgan fingerprint density at radius 2 is 1.95 bits per heavy atom. The summed E-state index contributed by atoms with van der Waals surface area (Å²) in [5.74, 6) is 1.08. The molecule has 19 heavy (non-hydrogen) atoms. The fraction of sp³-hybridized carbons (Fsp3) is 0.267. The molecule has 0 atom stereocenters. The number of benzene rings is 1. The third-order valence-electron chi connectivity index (χ3n) is 3.33. The summed E-state index contributed by atoms with van der Waals surface area (Å²) < 4.78 is 5.80. The third-order valence-corrected chi connectivity index (χ3v) is 3.33. The average Bonchev–Trinajstić information content (AvgIpc) is 2.48. The van der Waals surface area contributed by atoms with Gasteiger partial charge in [0.1, 0.15) is 11.8 Å². The van der Waals surface area contributed by atoms with Gasteiger partial charge in [-0.3, -0.25) is 0 Å². The zero-order valence-electron chi connectivity index (χ0n) is 10.5. The van der Waals surface area contributed by atoms with Crippen LogP contribution in [0.2, 0.25) is 0 Å². The molecule has 0 fully saturated rings. The van der Waals surface area contributed by atoms with Crippen molar-refractivity contribution in [2.75, 3.05) is 0 Å². The maximum absolute atomic E-state index is 9.00. The van der Waals surface area contributed by atoms with Gasteiger partial charge in [0.2, 0.25) is 5.69 Å². The van der Waals surface area contributed by atoms with Crippen molar-refractivity contribution in [3.05, 3.63) is 47.4 Å². The van der Waals surface area contributed by atoms with E-state index in [1.807, 2.05) is 18.2 Å². The minimum absolute atomic E-state index is 0.218. The van der Waals surface area contributed by atoms with Crippen LogP contribution in [-0.2, 0) is 12.8 Å². The van der Waals surface area contributed by atoms with E-state index in [1.165, 1.54) is 36.4 Å². The van der Waals surface area contributed by atoms with Crippen molar-refractivity contribution in [1.29, 1.82) is 5.26 Å². The summed E-state index contributed by atoms with van der Waals surface area (Å²) >= 11 is 0. The van der Waals surface area contributed by atoms with Crippen molar-refractivity contribution in [1.82, 2.24) is 9.97 Å². The lowest BCUT2D eigenvalue weighted by Gasteiger charge is -2.18. The molecule has 1 aromatic carbocycles. The van der Waals surface area contributed by atoms with Gasteiger partial charge in [0.05, 0.1) is 0 Å². The van der Waals surface area contributed by atoms with Crippen molar-refractivity contribution in [3.63, 3.8) is 0 Å². The smallest absolute Gasteiger partial charge is 0.256 e. The van der Waals surface area contributed by atoms with Crippen LogP contribution in [0.1, 0.15) is 29.7 Å². The largest absolute Gasteiger partial charge is 0.436 e. The molecule has 1 aliphatic carbocycles. The van der Waals surface area contributed by atoms with Crippen molar-refractivity contribution in [3.8, 4) is 17.7 Å². The van der Waals surface area contributed by atoms with Crippen LogP contribution in [-0.4, -0.2) is 9.97 Å². The van der Waals surface area contributed by atoms with Gasteiger partial charge in [-0.15, -0.1) is 0 Å². The number of nitriles is 1. The molecule has 1 aromatic heterocycles. The summed E-state index contributed by atoms with van der Waals surface area (Å²) in [5, 5.41) is 9.00. The molecule has 0 radical (unpaired) electrons. The van der Waals surface area contributed by atoms with Crippen LogP contribution in [0.5, 0.6) is 11.6 Å². The van der Waals surface area contributed by atoms with Gasteiger partial charge < -0.3 is 4.74 Å². The third kappa shape index (κ3) is 2.27. The number of aromatic nitrogens is 2. The van der Waals surface area contributed by atoms with E-state index in [4.69, 9.17) is 10.00 Å². The zero-order valence-corrected chi connectivity index (χ0v) is 10.5. The molecule has 94 valence electrons.